The van der Waals surface area contributed by atoms with Crippen molar-refractivity contribution in [3.05, 3.63) is 29.8 Å². The van der Waals surface area contributed by atoms with Crippen LogP contribution in [0.25, 0.3) is 0 Å². The van der Waals surface area contributed by atoms with E-state index < -0.39 is 0 Å². The van der Waals surface area contributed by atoms with Gasteiger partial charge in [-0.3, -0.25) is 4.79 Å². The minimum absolute atomic E-state index is 0. The Morgan fingerprint density at radius 3 is 3.00 bits per heavy atom. The van der Waals surface area contributed by atoms with Gasteiger partial charge in [-0.2, -0.15) is 0 Å². The van der Waals surface area contributed by atoms with Crippen LogP contribution < -0.4 is 15.5 Å². The van der Waals surface area contributed by atoms with Gasteiger partial charge in [0.2, 0.25) is 5.91 Å². The lowest BCUT2D eigenvalue weighted by molar-refractivity contribution is -0.119. The van der Waals surface area contributed by atoms with Crippen LogP contribution in [0, 0.1) is 0 Å². The number of fused-ring (bicyclic) bond motifs is 1. The van der Waals surface area contributed by atoms with Gasteiger partial charge < -0.3 is 15.5 Å². The average molecular weight is 270 g/mol. The molecule has 1 aliphatic heterocycles. The van der Waals surface area contributed by atoms with Gasteiger partial charge in [0.05, 0.1) is 6.54 Å². The third-order valence-corrected chi connectivity index (χ3v) is 2.91. The number of halogens is 1. The summed E-state index contributed by atoms with van der Waals surface area (Å²) in [5, 5.41) is 6.21. The van der Waals surface area contributed by atoms with E-state index in [9.17, 15) is 4.79 Å². The number of hydrogen-bond acceptors (Lipinski definition) is 3. The topological polar surface area (TPSA) is 44.4 Å². The highest BCUT2D eigenvalue weighted by Gasteiger charge is 2.16. The number of benzene rings is 1. The minimum atomic E-state index is 0. The zero-order valence-corrected chi connectivity index (χ0v) is 11.4. The number of carbonyl (C=O) groups excluding carboxylic acids is 1. The second kappa shape index (κ2) is 7.24. The number of para-hydroxylation sites is 1. The Kier molecular flexibility index (Phi) is 5.95. The Bertz CT molecular complexity index is 398. The van der Waals surface area contributed by atoms with Crippen molar-refractivity contribution in [2.24, 2.45) is 0 Å². The standard InChI is InChI=1S/C13H19N3O.ClH/c1-2-15-13(17)10-16-8-7-14-9-11-5-3-4-6-12(11)16;/h3-6,14H,2,7-10H2,1H3,(H,15,17);1H. The molecule has 1 aromatic carbocycles. The van der Waals surface area contributed by atoms with Gasteiger partial charge in [0.15, 0.2) is 0 Å². The molecular formula is C13H20ClN3O. The summed E-state index contributed by atoms with van der Waals surface area (Å²) in [6.45, 7) is 5.72. The lowest BCUT2D eigenvalue weighted by Gasteiger charge is -2.23. The second-order valence-electron chi connectivity index (χ2n) is 4.18. The molecule has 4 nitrogen and oxygen atoms in total. The number of rotatable bonds is 3. The largest absolute Gasteiger partial charge is 0.361 e. The Morgan fingerprint density at radius 2 is 2.22 bits per heavy atom. The van der Waals surface area contributed by atoms with Crippen LogP contribution in [0.15, 0.2) is 24.3 Å². The molecule has 0 bridgehead atoms. The highest BCUT2D eigenvalue weighted by molar-refractivity contribution is 5.85. The summed E-state index contributed by atoms with van der Waals surface area (Å²) < 4.78 is 0. The van der Waals surface area contributed by atoms with E-state index in [1.807, 2.05) is 19.1 Å². The lowest BCUT2D eigenvalue weighted by Crippen LogP contribution is -2.39. The fourth-order valence-electron chi connectivity index (χ4n) is 2.12. The summed E-state index contributed by atoms with van der Waals surface area (Å²) in [5.74, 6) is 0.0872. The summed E-state index contributed by atoms with van der Waals surface area (Å²) >= 11 is 0. The summed E-state index contributed by atoms with van der Waals surface area (Å²) in [6.07, 6.45) is 0. The molecule has 5 heteroatoms. The minimum Gasteiger partial charge on any atom is -0.361 e. The molecule has 0 saturated heterocycles. The molecule has 0 saturated carbocycles. The summed E-state index contributed by atoms with van der Waals surface area (Å²) in [6, 6.07) is 8.25. The van der Waals surface area contributed by atoms with E-state index in [0.717, 1.165) is 19.6 Å². The van der Waals surface area contributed by atoms with Crippen molar-refractivity contribution in [2.45, 2.75) is 13.5 Å². The zero-order valence-electron chi connectivity index (χ0n) is 10.6. The molecule has 0 unspecified atom stereocenters. The first kappa shape index (κ1) is 14.8. The predicted molar refractivity (Wildman–Crippen MR) is 76.3 cm³/mol. The number of amides is 1. The number of anilines is 1. The number of nitrogens with zero attached hydrogens (tertiary/aromatic N) is 1. The van der Waals surface area contributed by atoms with Crippen molar-refractivity contribution in [1.29, 1.82) is 0 Å². The molecule has 1 amide bonds. The first-order valence-corrected chi connectivity index (χ1v) is 6.11. The molecular weight excluding hydrogens is 250 g/mol. The summed E-state index contributed by atoms with van der Waals surface area (Å²) in [5.41, 5.74) is 2.43. The van der Waals surface area contributed by atoms with Crippen LogP contribution in [-0.2, 0) is 11.3 Å². The zero-order chi connectivity index (χ0) is 12.1. The molecule has 0 atom stereocenters. The summed E-state index contributed by atoms with van der Waals surface area (Å²) in [7, 11) is 0. The highest BCUT2D eigenvalue weighted by Crippen LogP contribution is 2.21. The van der Waals surface area contributed by atoms with Crippen LogP contribution >= 0.6 is 12.4 Å². The number of nitrogens with one attached hydrogen (secondary N) is 2. The predicted octanol–water partition coefficient (Wildman–Crippen LogP) is 1.15. The Morgan fingerprint density at radius 1 is 1.44 bits per heavy atom. The van der Waals surface area contributed by atoms with Gasteiger partial charge in [-0.15, -0.1) is 12.4 Å². The Labute approximate surface area is 114 Å². The maximum atomic E-state index is 11.7. The van der Waals surface area contributed by atoms with Crippen molar-refractivity contribution in [3.63, 3.8) is 0 Å². The maximum absolute atomic E-state index is 11.7. The number of carbonyl (C=O) groups is 1. The molecule has 0 aliphatic carbocycles. The first-order chi connectivity index (χ1) is 8.31. The van der Waals surface area contributed by atoms with Crippen molar-refractivity contribution in [1.82, 2.24) is 10.6 Å². The van der Waals surface area contributed by atoms with Gasteiger partial charge >= 0.3 is 0 Å². The van der Waals surface area contributed by atoms with Crippen molar-refractivity contribution in [2.75, 3.05) is 31.1 Å². The first-order valence-electron chi connectivity index (χ1n) is 6.11. The summed E-state index contributed by atoms with van der Waals surface area (Å²) in [4.78, 5) is 13.8. The monoisotopic (exact) mass is 269 g/mol. The van der Waals surface area contributed by atoms with Crippen molar-refractivity contribution in [3.8, 4) is 0 Å². The van der Waals surface area contributed by atoms with Gasteiger partial charge in [0, 0.05) is 31.9 Å². The van der Waals surface area contributed by atoms with Crippen LogP contribution in [0.3, 0.4) is 0 Å². The van der Waals surface area contributed by atoms with E-state index in [-0.39, 0.29) is 18.3 Å². The average Bonchev–Trinajstić information content (AvgIpc) is 2.53. The molecule has 0 radical (unpaired) electrons. The molecule has 18 heavy (non-hydrogen) atoms. The quantitative estimate of drug-likeness (QED) is 0.865. The van der Waals surface area contributed by atoms with Gasteiger partial charge in [-0.1, -0.05) is 18.2 Å². The van der Waals surface area contributed by atoms with Gasteiger partial charge in [0.25, 0.3) is 0 Å². The molecule has 1 heterocycles. The number of hydrogen-bond donors (Lipinski definition) is 2. The van der Waals surface area contributed by atoms with Gasteiger partial charge in [-0.25, -0.2) is 0 Å². The third-order valence-electron chi connectivity index (χ3n) is 2.91. The molecule has 0 spiro atoms. The lowest BCUT2D eigenvalue weighted by atomic mass is 10.1. The fraction of sp³-hybridized carbons (Fsp3) is 0.462. The Hall–Kier alpha value is -1.26. The van der Waals surface area contributed by atoms with E-state index in [1.165, 1.54) is 11.3 Å². The third kappa shape index (κ3) is 3.62. The molecule has 100 valence electrons. The SMILES string of the molecule is CCNC(=O)CN1CCNCc2ccccc21.Cl. The van der Waals surface area contributed by atoms with Crippen LogP contribution in [0.1, 0.15) is 12.5 Å². The van der Waals surface area contributed by atoms with Crippen LogP contribution in [0.2, 0.25) is 0 Å². The van der Waals surface area contributed by atoms with Gasteiger partial charge in [-0.05, 0) is 18.6 Å². The molecule has 0 aromatic heterocycles. The number of likely N-dealkylation sites (N-methyl/N-ethyl adjacent to an activating group) is 1. The van der Waals surface area contributed by atoms with Crippen LogP contribution in [0.5, 0.6) is 0 Å². The second-order valence-corrected chi connectivity index (χ2v) is 4.18. The van der Waals surface area contributed by atoms with Crippen molar-refractivity contribution < 1.29 is 4.79 Å². The van der Waals surface area contributed by atoms with E-state index in [2.05, 4.69) is 27.7 Å². The Balaban J connectivity index is 0.00000162. The molecule has 1 aliphatic rings. The molecule has 1 aromatic rings. The molecule has 0 fully saturated rings. The van der Waals surface area contributed by atoms with E-state index in [0.29, 0.717) is 13.1 Å². The highest BCUT2D eigenvalue weighted by atomic mass is 35.5. The van der Waals surface area contributed by atoms with Crippen LogP contribution in [0.4, 0.5) is 5.69 Å². The van der Waals surface area contributed by atoms with Crippen molar-refractivity contribution >= 4 is 24.0 Å². The fourth-order valence-corrected chi connectivity index (χ4v) is 2.12. The molecule has 2 N–H and O–H groups in total. The smallest absolute Gasteiger partial charge is 0.239 e. The molecule has 2 rings (SSSR count). The van der Waals surface area contributed by atoms with E-state index >= 15 is 0 Å². The van der Waals surface area contributed by atoms with Gasteiger partial charge in [0.1, 0.15) is 0 Å². The van der Waals surface area contributed by atoms with Crippen LogP contribution in [-0.4, -0.2) is 32.1 Å². The normalized spacial score (nSPS) is 14.2. The maximum Gasteiger partial charge on any atom is 0.239 e. The van der Waals surface area contributed by atoms with E-state index in [4.69, 9.17) is 0 Å². The van der Waals surface area contributed by atoms with E-state index in [1.54, 1.807) is 0 Å².